The maximum Gasteiger partial charge on any atom is 0.338 e. The quantitative estimate of drug-likeness (QED) is 0.178. The standard InChI is InChI=1S/C4H10N4O2/c5-2(6)1-4(7,8)3(9)10/h1,7-8H2,(H3,5,6)(H,9,10). The Labute approximate surface area is 57.5 Å². The summed E-state index contributed by atoms with van der Waals surface area (Å²) >= 11 is 0. The normalized spacial score (nSPS) is 11.0. The summed E-state index contributed by atoms with van der Waals surface area (Å²) in [5, 5.41) is 15.0. The number of rotatable bonds is 3. The Morgan fingerprint density at radius 3 is 2.10 bits per heavy atom. The summed E-state index contributed by atoms with van der Waals surface area (Å²) in [6, 6.07) is 0. The number of aliphatic carboxylic acids is 1. The molecule has 0 saturated heterocycles. The Balaban J connectivity index is 4.13. The fourth-order valence-electron chi connectivity index (χ4n) is 0.391. The molecule has 0 amide bonds. The maximum absolute atomic E-state index is 10.2. The van der Waals surface area contributed by atoms with Gasteiger partial charge in [0, 0.05) is 6.42 Å². The minimum absolute atomic E-state index is 0.340. The molecule has 0 aromatic rings. The van der Waals surface area contributed by atoms with Gasteiger partial charge in [-0.25, -0.2) is 4.79 Å². The van der Waals surface area contributed by atoms with Crippen molar-refractivity contribution in [2.24, 2.45) is 17.2 Å². The number of carboxylic acids is 1. The van der Waals surface area contributed by atoms with E-state index in [1.54, 1.807) is 0 Å². The summed E-state index contributed by atoms with van der Waals surface area (Å²) in [7, 11) is 0. The molecule has 0 aromatic heterocycles. The molecule has 0 aliphatic rings. The molecule has 0 aromatic carbocycles. The van der Waals surface area contributed by atoms with Gasteiger partial charge in [-0.2, -0.15) is 0 Å². The third-order valence-corrected chi connectivity index (χ3v) is 0.881. The number of hydrogen-bond acceptors (Lipinski definition) is 4. The van der Waals surface area contributed by atoms with Crippen LogP contribution >= 0.6 is 0 Å². The van der Waals surface area contributed by atoms with E-state index in [-0.39, 0.29) is 12.3 Å². The molecule has 0 unspecified atom stereocenters. The Bertz CT molecular complexity index is 165. The van der Waals surface area contributed by atoms with E-state index < -0.39 is 11.6 Å². The molecular formula is C4H10N4O2. The van der Waals surface area contributed by atoms with Gasteiger partial charge in [-0.05, 0) is 0 Å². The fourth-order valence-corrected chi connectivity index (χ4v) is 0.391. The summed E-state index contributed by atoms with van der Waals surface area (Å²) < 4.78 is 0. The van der Waals surface area contributed by atoms with E-state index >= 15 is 0 Å². The first kappa shape index (κ1) is 8.86. The topological polar surface area (TPSA) is 139 Å². The van der Waals surface area contributed by atoms with Crippen LogP contribution in [0.1, 0.15) is 6.42 Å². The summed E-state index contributed by atoms with van der Waals surface area (Å²) in [6.45, 7) is 0. The molecule has 58 valence electrons. The van der Waals surface area contributed by atoms with E-state index in [1.807, 2.05) is 0 Å². The second-order valence-electron chi connectivity index (χ2n) is 2.05. The van der Waals surface area contributed by atoms with Crippen molar-refractivity contribution in [3.63, 3.8) is 0 Å². The van der Waals surface area contributed by atoms with Gasteiger partial charge >= 0.3 is 5.97 Å². The Hall–Kier alpha value is -1.14. The molecule has 0 bridgehead atoms. The molecular weight excluding hydrogens is 136 g/mol. The number of nitrogens with two attached hydrogens (primary N) is 3. The Kier molecular flexibility index (Phi) is 2.33. The second-order valence-corrected chi connectivity index (χ2v) is 2.05. The van der Waals surface area contributed by atoms with Gasteiger partial charge in [0.05, 0.1) is 5.84 Å². The SMILES string of the molecule is N=C(N)CC(N)(N)C(=O)O. The second kappa shape index (κ2) is 2.63. The monoisotopic (exact) mass is 146 g/mol. The van der Waals surface area contributed by atoms with E-state index in [0.29, 0.717) is 0 Å². The summed E-state index contributed by atoms with van der Waals surface area (Å²) in [5.74, 6) is -1.71. The highest BCUT2D eigenvalue weighted by Gasteiger charge is 2.29. The first-order chi connectivity index (χ1) is 4.36. The zero-order chi connectivity index (χ0) is 8.36. The van der Waals surface area contributed by atoms with Crippen LogP contribution in [0.25, 0.3) is 0 Å². The molecule has 0 fully saturated rings. The minimum Gasteiger partial charge on any atom is -0.479 e. The summed E-state index contributed by atoms with van der Waals surface area (Å²) in [5.41, 5.74) is 13.0. The van der Waals surface area contributed by atoms with Crippen molar-refractivity contribution in [2.45, 2.75) is 12.1 Å². The van der Waals surface area contributed by atoms with Gasteiger partial charge in [0.25, 0.3) is 0 Å². The van der Waals surface area contributed by atoms with Crippen LogP contribution in [-0.2, 0) is 4.79 Å². The van der Waals surface area contributed by atoms with Crippen molar-refractivity contribution >= 4 is 11.8 Å². The molecule has 0 aliphatic carbocycles. The van der Waals surface area contributed by atoms with Gasteiger partial charge in [-0.3, -0.25) is 5.41 Å². The fraction of sp³-hybridized carbons (Fsp3) is 0.500. The van der Waals surface area contributed by atoms with Crippen molar-refractivity contribution in [2.75, 3.05) is 0 Å². The number of hydrogen-bond donors (Lipinski definition) is 5. The molecule has 0 atom stereocenters. The Morgan fingerprint density at radius 1 is 1.60 bits per heavy atom. The van der Waals surface area contributed by atoms with Crippen molar-refractivity contribution < 1.29 is 9.90 Å². The van der Waals surface area contributed by atoms with Crippen LogP contribution in [-0.4, -0.2) is 22.6 Å². The van der Waals surface area contributed by atoms with Crippen molar-refractivity contribution in [1.82, 2.24) is 0 Å². The largest absolute Gasteiger partial charge is 0.479 e. The van der Waals surface area contributed by atoms with E-state index in [4.69, 9.17) is 27.7 Å². The molecule has 0 heterocycles. The van der Waals surface area contributed by atoms with Crippen LogP contribution in [0.5, 0.6) is 0 Å². The summed E-state index contributed by atoms with van der Waals surface area (Å²) in [4.78, 5) is 10.2. The number of carbonyl (C=O) groups is 1. The molecule has 0 radical (unpaired) electrons. The van der Waals surface area contributed by atoms with Gasteiger partial charge < -0.3 is 22.3 Å². The van der Waals surface area contributed by atoms with Gasteiger partial charge in [0.2, 0.25) is 0 Å². The smallest absolute Gasteiger partial charge is 0.338 e. The van der Waals surface area contributed by atoms with Crippen LogP contribution in [0.2, 0.25) is 0 Å². The lowest BCUT2D eigenvalue weighted by atomic mass is 10.1. The number of amidine groups is 1. The maximum atomic E-state index is 10.2. The molecule has 6 heteroatoms. The zero-order valence-electron chi connectivity index (χ0n) is 5.29. The third kappa shape index (κ3) is 2.42. The van der Waals surface area contributed by atoms with Crippen molar-refractivity contribution in [1.29, 1.82) is 5.41 Å². The highest BCUT2D eigenvalue weighted by Crippen LogP contribution is 1.96. The van der Waals surface area contributed by atoms with Crippen molar-refractivity contribution in [3.05, 3.63) is 0 Å². The van der Waals surface area contributed by atoms with Crippen LogP contribution in [0.4, 0.5) is 0 Å². The first-order valence-electron chi connectivity index (χ1n) is 2.50. The molecule has 0 saturated carbocycles. The Morgan fingerprint density at radius 2 is 2.00 bits per heavy atom. The van der Waals surface area contributed by atoms with E-state index in [2.05, 4.69) is 0 Å². The van der Waals surface area contributed by atoms with Crippen LogP contribution in [0.15, 0.2) is 0 Å². The van der Waals surface area contributed by atoms with Crippen LogP contribution in [0, 0.1) is 5.41 Å². The van der Waals surface area contributed by atoms with Crippen LogP contribution < -0.4 is 17.2 Å². The van der Waals surface area contributed by atoms with Gasteiger partial charge in [0.15, 0.2) is 5.66 Å². The predicted molar refractivity (Wildman–Crippen MR) is 35.3 cm³/mol. The molecule has 6 nitrogen and oxygen atoms in total. The van der Waals surface area contributed by atoms with Gasteiger partial charge in [-0.1, -0.05) is 0 Å². The van der Waals surface area contributed by atoms with Crippen molar-refractivity contribution in [3.8, 4) is 0 Å². The average Bonchev–Trinajstić information content (AvgIpc) is 1.60. The highest BCUT2D eigenvalue weighted by atomic mass is 16.4. The predicted octanol–water partition coefficient (Wildman–Crippen LogP) is -1.99. The lowest BCUT2D eigenvalue weighted by Gasteiger charge is -2.17. The van der Waals surface area contributed by atoms with Gasteiger partial charge in [0.1, 0.15) is 0 Å². The van der Waals surface area contributed by atoms with E-state index in [1.165, 1.54) is 0 Å². The average molecular weight is 146 g/mol. The molecule has 8 N–H and O–H groups in total. The first-order valence-corrected chi connectivity index (χ1v) is 2.50. The van der Waals surface area contributed by atoms with E-state index in [9.17, 15) is 4.79 Å². The number of carboxylic acid groups (broad SMARTS) is 1. The zero-order valence-corrected chi connectivity index (χ0v) is 5.29. The lowest BCUT2D eigenvalue weighted by molar-refractivity contribution is -0.142. The summed E-state index contributed by atoms with van der Waals surface area (Å²) in [6.07, 6.45) is -0.345. The minimum atomic E-state index is -1.91. The third-order valence-electron chi connectivity index (χ3n) is 0.881. The lowest BCUT2D eigenvalue weighted by Crippen LogP contribution is -2.58. The van der Waals surface area contributed by atoms with Crippen LogP contribution in [0.3, 0.4) is 0 Å². The molecule has 0 rings (SSSR count). The number of nitrogens with one attached hydrogen (secondary N) is 1. The molecule has 0 aliphatic heterocycles. The molecule has 10 heavy (non-hydrogen) atoms. The van der Waals surface area contributed by atoms with E-state index in [0.717, 1.165) is 0 Å². The molecule has 0 spiro atoms. The highest BCUT2D eigenvalue weighted by molar-refractivity contribution is 5.87. The van der Waals surface area contributed by atoms with Gasteiger partial charge in [-0.15, -0.1) is 0 Å².